The second-order valence-electron chi connectivity index (χ2n) is 7.20. The zero-order chi connectivity index (χ0) is 15.7. The van der Waals surface area contributed by atoms with Crippen molar-refractivity contribution in [3.05, 3.63) is 30.1 Å². The van der Waals surface area contributed by atoms with Crippen LogP contribution in [0.3, 0.4) is 0 Å². The smallest absolute Gasteiger partial charge is 0.224 e. The normalized spacial score (nSPS) is 20.8. The molecule has 2 rings (SSSR count). The van der Waals surface area contributed by atoms with Crippen molar-refractivity contribution in [3.8, 4) is 0 Å². The Morgan fingerprint density at radius 2 is 2.00 bits per heavy atom. The van der Waals surface area contributed by atoms with Gasteiger partial charge >= 0.3 is 0 Å². The summed E-state index contributed by atoms with van der Waals surface area (Å²) >= 11 is 0. The van der Waals surface area contributed by atoms with Crippen molar-refractivity contribution >= 4 is 5.91 Å². The Morgan fingerprint density at radius 1 is 1.33 bits per heavy atom. The van der Waals surface area contributed by atoms with E-state index >= 15 is 0 Å². The van der Waals surface area contributed by atoms with Gasteiger partial charge in [-0.05, 0) is 29.4 Å². The third-order valence-electron chi connectivity index (χ3n) is 5.33. The van der Waals surface area contributed by atoms with Gasteiger partial charge < -0.3 is 10.4 Å². The van der Waals surface area contributed by atoms with Gasteiger partial charge in [-0.25, -0.2) is 0 Å². The van der Waals surface area contributed by atoms with Crippen molar-refractivity contribution < 1.29 is 9.90 Å². The number of carbonyl (C=O) groups is 1. The minimum atomic E-state index is 0.00817. The van der Waals surface area contributed by atoms with Gasteiger partial charge in [-0.3, -0.25) is 9.78 Å². The quantitative estimate of drug-likeness (QED) is 0.842. The number of nitrogens with zero attached hydrogens (tertiary/aromatic N) is 1. The predicted octanol–water partition coefficient (Wildman–Crippen LogP) is 2.03. The average molecular weight is 290 g/mol. The van der Waals surface area contributed by atoms with E-state index in [2.05, 4.69) is 38.0 Å². The van der Waals surface area contributed by atoms with Crippen LogP contribution in [0.2, 0.25) is 0 Å². The number of aromatic nitrogens is 1. The molecule has 2 N–H and O–H groups in total. The predicted molar refractivity (Wildman–Crippen MR) is 82.6 cm³/mol. The summed E-state index contributed by atoms with van der Waals surface area (Å²) in [5, 5.41) is 12.5. The lowest BCUT2D eigenvalue weighted by atomic mass is 10.0. The van der Waals surface area contributed by atoms with Gasteiger partial charge in [0, 0.05) is 36.9 Å². The fourth-order valence-corrected chi connectivity index (χ4v) is 3.21. The standard InChI is InChI=1S/C17H26N2O2/c1-16(2)14(17(16,3)4)15(21)19-10-12(11-20)9-13-7-5-6-8-18-13/h5-8,12,14,20H,9-11H2,1-4H3,(H,19,21). The van der Waals surface area contributed by atoms with E-state index in [1.54, 1.807) is 6.20 Å². The van der Waals surface area contributed by atoms with Crippen molar-refractivity contribution in [3.63, 3.8) is 0 Å². The first kappa shape index (κ1) is 16.0. The molecule has 1 aromatic rings. The molecule has 0 spiro atoms. The highest BCUT2D eigenvalue weighted by Gasteiger charge is 2.68. The van der Waals surface area contributed by atoms with Crippen molar-refractivity contribution in [2.75, 3.05) is 13.2 Å². The van der Waals surface area contributed by atoms with E-state index in [4.69, 9.17) is 0 Å². The summed E-state index contributed by atoms with van der Waals surface area (Å²) < 4.78 is 0. The third-order valence-corrected chi connectivity index (χ3v) is 5.33. The van der Waals surface area contributed by atoms with Crippen LogP contribution in [0.5, 0.6) is 0 Å². The van der Waals surface area contributed by atoms with Gasteiger partial charge in [0.05, 0.1) is 0 Å². The van der Waals surface area contributed by atoms with Gasteiger partial charge in [0.15, 0.2) is 0 Å². The average Bonchev–Trinajstić information content (AvgIpc) is 2.85. The van der Waals surface area contributed by atoms with Crippen molar-refractivity contribution in [2.24, 2.45) is 22.7 Å². The SMILES string of the molecule is CC1(C)C(C(=O)NCC(CO)Cc2ccccn2)C1(C)C. The molecule has 116 valence electrons. The lowest BCUT2D eigenvalue weighted by Crippen LogP contribution is -2.34. The molecule has 1 saturated carbocycles. The molecule has 0 bridgehead atoms. The number of hydrogen-bond acceptors (Lipinski definition) is 3. The van der Waals surface area contributed by atoms with Gasteiger partial charge in [-0.1, -0.05) is 33.8 Å². The summed E-state index contributed by atoms with van der Waals surface area (Å²) in [6.45, 7) is 9.08. The molecule has 1 unspecified atom stereocenters. The Bertz CT molecular complexity index is 483. The molecule has 1 aliphatic rings. The summed E-state index contributed by atoms with van der Waals surface area (Å²) in [5.74, 6) is 0.164. The number of hydrogen-bond donors (Lipinski definition) is 2. The zero-order valence-electron chi connectivity index (χ0n) is 13.4. The summed E-state index contributed by atoms with van der Waals surface area (Å²) in [7, 11) is 0. The van der Waals surface area contributed by atoms with E-state index in [1.165, 1.54) is 0 Å². The number of amides is 1. The molecule has 1 fully saturated rings. The first-order valence-electron chi connectivity index (χ1n) is 7.59. The number of aliphatic hydroxyl groups excluding tert-OH is 1. The number of nitrogens with one attached hydrogen (secondary N) is 1. The Kier molecular flexibility index (Phi) is 4.38. The molecular weight excluding hydrogens is 264 g/mol. The first-order chi connectivity index (χ1) is 9.80. The van der Waals surface area contributed by atoms with Gasteiger partial charge in [-0.15, -0.1) is 0 Å². The first-order valence-corrected chi connectivity index (χ1v) is 7.59. The van der Waals surface area contributed by atoms with Crippen LogP contribution in [0.4, 0.5) is 0 Å². The van der Waals surface area contributed by atoms with Crippen LogP contribution in [0.15, 0.2) is 24.4 Å². The van der Waals surface area contributed by atoms with Crippen LogP contribution in [0.25, 0.3) is 0 Å². The fourth-order valence-electron chi connectivity index (χ4n) is 3.21. The van der Waals surface area contributed by atoms with Gasteiger partial charge in [0.1, 0.15) is 0 Å². The molecule has 4 nitrogen and oxygen atoms in total. The van der Waals surface area contributed by atoms with Crippen molar-refractivity contribution in [1.82, 2.24) is 10.3 Å². The summed E-state index contributed by atoms with van der Waals surface area (Å²) in [5.41, 5.74) is 1.04. The second-order valence-corrected chi connectivity index (χ2v) is 7.20. The molecule has 4 heteroatoms. The Labute approximate surface area is 127 Å². The minimum Gasteiger partial charge on any atom is -0.396 e. The zero-order valence-corrected chi connectivity index (χ0v) is 13.4. The molecule has 0 aliphatic heterocycles. The molecular formula is C17H26N2O2. The number of rotatable bonds is 6. The molecule has 0 radical (unpaired) electrons. The Morgan fingerprint density at radius 3 is 2.48 bits per heavy atom. The molecule has 1 heterocycles. The van der Waals surface area contributed by atoms with Crippen LogP contribution >= 0.6 is 0 Å². The minimum absolute atomic E-state index is 0.00817. The maximum absolute atomic E-state index is 12.3. The third kappa shape index (κ3) is 3.10. The van der Waals surface area contributed by atoms with E-state index in [0.29, 0.717) is 13.0 Å². The molecule has 21 heavy (non-hydrogen) atoms. The van der Waals surface area contributed by atoms with E-state index in [0.717, 1.165) is 5.69 Å². The summed E-state index contributed by atoms with van der Waals surface area (Å²) in [4.78, 5) is 16.6. The Hall–Kier alpha value is -1.42. The molecule has 1 amide bonds. The van der Waals surface area contributed by atoms with Gasteiger partial charge in [0.25, 0.3) is 0 Å². The number of carbonyl (C=O) groups excluding carboxylic acids is 1. The monoisotopic (exact) mass is 290 g/mol. The molecule has 1 aromatic heterocycles. The van der Waals surface area contributed by atoms with E-state index in [9.17, 15) is 9.90 Å². The maximum Gasteiger partial charge on any atom is 0.224 e. The van der Waals surface area contributed by atoms with Crippen LogP contribution in [0.1, 0.15) is 33.4 Å². The lowest BCUT2D eigenvalue weighted by molar-refractivity contribution is -0.123. The van der Waals surface area contributed by atoms with Crippen molar-refractivity contribution in [2.45, 2.75) is 34.1 Å². The van der Waals surface area contributed by atoms with E-state index in [-0.39, 0.29) is 35.2 Å². The highest BCUT2D eigenvalue weighted by molar-refractivity contribution is 5.84. The highest BCUT2D eigenvalue weighted by atomic mass is 16.3. The molecule has 0 aromatic carbocycles. The lowest BCUT2D eigenvalue weighted by Gasteiger charge is -2.15. The molecule has 1 aliphatic carbocycles. The van der Waals surface area contributed by atoms with Gasteiger partial charge in [-0.2, -0.15) is 0 Å². The second kappa shape index (κ2) is 5.76. The van der Waals surface area contributed by atoms with Gasteiger partial charge in [0.2, 0.25) is 5.91 Å². The summed E-state index contributed by atoms with van der Waals surface area (Å²) in [6, 6.07) is 5.75. The summed E-state index contributed by atoms with van der Waals surface area (Å²) in [6.07, 6.45) is 2.42. The van der Waals surface area contributed by atoms with Crippen molar-refractivity contribution in [1.29, 1.82) is 0 Å². The van der Waals surface area contributed by atoms with Crippen LogP contribution in [0, 0.1) is 22.7 Å². The number of pyridine rings is 1. The van der Waals surface area contributed by atoms with Crippen LogP contribution < -0.4 is 5.32 Å². The topological polar surface area (TPSA) is 62.2 Å². The highest BCUT2D eigenvalue weighted by Crippen LogP contribution is 2.68. The molecule has 1 atom stereocenters. The van der Waals surface area contributed by atoms with E-state index in [1.807, 2.05) is 18.2 Å². The fraction of sp³-hybridized carbons (Fsp3) is 0.647. The number of aliphatic hydroxyl groups is 1. The van der Waals surface area contributed by atoms with Crippen LogP contribution in [-0.2, 0) is 11.2 Å². The largest absolute Gasteiger partial charge is 0.396 e. The van der Waals surface area contributed by atoms with E-state index < -0.39 is 0 Å². The molecule has 0 saturated heterocycles. The Balaban J connectivity index is 1.86. The van der Waals surface area contributed by atoms with Crippen LogP contribution in [-0.4, -0.2) is 29.1 Å². The maximum atomic E-state index is 12.3.